The zero-order chi connectivity index (χ0) is 17.4. The number of anilines is 2. The number of nitrogens with one attached hydrogen (secondary N) is 2. The summed E-state index contributed by atoms with van der Waals surface area (Å²) in [6, 6.07) is 14.6. The molecule has 0 atom stereocenters. The van der Waals surface area contributed by atoms with Crippen molar-refractivity contribution in [1.82, 2.24) is 0 Å². The molecule has 0 aliphatic rings. The predicted molar refractivity (Wildman–Crippen MR) is 98.3 cm³/mol. The molecule has 0 radical (unpaired) electrons. The van der Waals surface area contributed by atoms with Gasteiger partial charge in [0.05, 0.1) is 0 Å². The van der Waals surface area contributed by atoms with Crippen LogP contribution in [0, 0.1) is 6.92 Å². The van der Waals surface area contributed by atoms with E-state index in [2.05, 4.69) is 17.6 Å². The van der Waals surface area contributed by atoms with E-state index in [4.69, 9.17) is 0 Å². The first-order valence-electron chi connectivity index (χ1n) is 8.36. The van der Waals surface area contributed by atoms with Crippen molar-refractivity contribution in [1.29, 1.82) is 0 Å². The van der Waals surface area contributed by atoms with E-state index < -0.39 is 0 Å². The van der Waals surface area contributed by atoms with Crippen LogP contribution >= 0.6 is 0 Å². The number of benzene rings is 2. The van der Waals surface area contributed by atoms with Crippen LogP contribution in [0.25, 0.3) is 0 Å². The summed E-state index contributed by atoms with van der Waals surface area (Å²) in [5, 5.41) is 5.72. The number of rotatable bonds is 7. The SMILES string of the molecule is CCCCCC(=O)Nc1cccc(NC(=O)c2ccc(C)cc2)c1. The smallest absolute Gasteiger partial charge is 0.255 e. The van der Waals surface area contributed by atoms with Crippen molar-refractivity contribution in [2.75, 3.05) is 10.6 Å². The molecule has 0 saturated carbocycles. The molecule has 126 valence electrons. The summed E-state index contributed by atoms with van der Waals surface area (Å²) in [5.74, 6) is -0.160. The molecule has 0 bridgehead atoms. The molecular formula is C20H24N2O2. The number of carbonyl (C=O) groups excluding carboxylic acids is 2. The first-order valence-corrected chi connectivity index (χ1v) is 8.36. The zero-order valence-corrected chi connectivity index (χ0v) is 14.3. The molecule has 0 saturated heterocycles. The van der Waals surface area contributed by atoms with Crippen LogP contribution in [-0.2, 0) is 4.79 Å². The fourth-order valence-electron chi connectivity index (χ4n) is 2.34. The Hall–Kier alpha value is -2.62. The lowest BCUT2D eigenvalue weighted by atomic mass is 10.1. The minimum atomic E-state index is -0.165. The molecule has 0 unspecified atom stereocenters. The Labute approximate surface area is 143 Å². The summed E-state index contributed by atoms with van der Waals surface area (Å²) in [5.41, 5.74) is 3.07. The fourth-order valence-corrected chi connectivity index (χ4v) is 2.34. The van der Waals surface area contributed by atoms with Gasteiger partial charge >= 0.3 is 0 Å². The van der Waals surface area contributed by atoms with Gasteiger partial charge in [-0.15, -0.1) is 0 Å². The van der Waals surface area contributed by atoms with Crippen LogP contribution in [0.1, 0.15) is 48.5 Å². The molecule has 0 aromatic heterocycles. The molecule has 4 nitrogen and oxygen atoms in total. The van der Waals surface area contributed by atoms with E-state index in [1.165, 1.54) is 0 Å². The van der Waals surface area contributed by atoms with Crippen molar-refractivity contribution < 1.29 is 9.59 Å². The average Bonchev–Trinajstić information content (AvgIpc) is 2.56. The normalized spacial score (nSPS) is 10.2. The predicted octanol–water partition coefficient (Wildman–Crippen LogP) is 4.77. The molecule has 2 N–H and O–H groups in total. The minimum absolute atomic E-state index is 0.00506. The molecule has 2 rings (SSSR count). The number of aryl methyl sites for hydroxylation is 1. The maximum absolute atomic E-state index is 12.2. The zero-order valence-electron chi connectivity index (χ0n) is 14.3. The van der Waals surface area contributed by atoms with E-state index in [9.17, 15) is 9.59 Å². The van der Waals surface area contributed by atoms with Crippen molar-refractivity contribution in [2.24, 2.45) is 0 Å². The first-order chi connectivity index (χ1) is 11.6. The van der Waals surface area contributed by atoms with Gasteiger partial charge in [0.2, 0.25) is 5.91 Å². The lowest BCUT2D eigenvalue weighted by Crippen LogP contribution is -2.13. The van der Waals surface area contributed by atoms with Crippen molar-refractivity contribution in [2.45, 2.75) is 39.5 Å². The summed E-state index contributed by atoms with van der Waals surface area (Å²) in [6.07, 6.45) is 3.56. The Morgan fingerprint density at radius 3 is 2.25 bits per heavy atom. The van der Waals surface area contributed by atoms with Crippen molar-refractivity contribution in [3.05, 3.63) is 59.7 Å². The van der Waals surface area contributed by atoms with Gasteiger partial charge in [-0.05, 0) is 43.7 Å². The van der Waals surface area contributed by atoms with E-state index >= 15 is 0 Å². The standard InChI is InChI=1S/C20H24N2O2/c1-3-4-5-9-19(23)21-17-7-6-8-18(14-17)22-20(24)16-12-10-15(2)11-13-16/h6-8,10-14H,3-5,9H2,1-2H3,(H,21,23)(H,22,24). The Kier molecular flexibility index (Phi) is 6.55. The topological polar surface area (TPSA) is 58.2 Å². The number of unbranched alkanes of at least 4 members (excludes halogenated alkanes) is 2. The van der Waals surface area contributed by atoms with Crippen LogP contribution in [0.15, 0.2) is 48.5 Å². The summed E-state index contributed by atoms with van der Waals surface area (Å²) in [6.45, 7) is 4.09. The number of hydrogen-bond donors (Lipinski definition) is 2. The highest BCUT2D eigenvalue weighted by molar-refractivity contribution is 6.04. The third-order valence-electron chi connectivity index (χ3n) is 3.73. The fraction of sp³-hybridized carbons (Fsp3) is 0.300. The molecule has 0 aliphatic carbocycles. The third kappa shape index (κ3) is 5.54. The van der Waals surface area contributed by atoms with E-state index in [-0.39, 0.29) is 11.8 Å². The van der Waals surface area contributed by atoms with Crippen LogP contribution in [0.4, 0.5) is 11.4 Å². The maximum Gasteiger partial charge on any atom is 0.255 e. The summed E-state index contributed by atoms with van der Waals surface area (Å²) < 4.78 is 0. The highest BCUT2D eigenvalue weighted by Crippen LogP contribution is 2.17. The van der Waals surface area contributed by atoms with Crippen LogP contribution in [-0.4, -0.2) is 11.8 Å². The third-order valence-corrected chi connectivity index (χ3v) is 3.73. The van der Waals surface area contributed by atoms with Gasteiger partial charge in [-0.3, -0.25) is 9.59 Å². The van der Waals surface area contributed by atoms with Gasteiger partial charge in [0.1, 0.15) is 0 Å². The van der Waals surface area contributed by atoms with Crippen LogP contribution < -0.4 is 10.6 Å². The van der Waals surface area contributed by atoms with Gasteiger partial charge in [0, 0.05) is 23.4 Å². The molecule has 2 amide bonds. The highest BCUT2D eigenvalue weighted by atomic mass is 16.2. The van der Waals surface area contributed by atoms with Gasteiger partial charge in [0.15, 0.2) is 0 Å². The summed E-state index contributed by atoms with van der Waals surface area (Å²) >= 11 is 0. The van der Waals surface area contributed by atoms with Crippen LogP contribution in [0.5, 0.6) is 0 Å². The molecule has 0 heterocycles. The van der Waals surface area contributed by atoms with Gasteiger partial charge < -0.3 is 10.6 Å². The van der Waals surface area contributed by atoms with Crippen molar-refractivity contribution in [3.63, 3.8) is 0 Å². The van der Waals surface area contributed by atoms with Crippen molar-refractivity contribution in [3.8, 4) is 0 Å². The lowest BCUT2D eigenvalue weighted by Gasteiger charge is -2.09. The molecule has 24 heavy (non-hydrogen) atoms. The second-order valence-corrected chi connectivity index (χ2v) is 5.91. The van der Waals surface area contributed by atoms with Crippen molar-refractivity contribution >= 4 is 23.2 Å². The van der Waals surface area contributed by atoms with E-state index in [1.54, 1.807) is 24.3 Å². The Morgan fingerprint density at radius 2 is 1.58 bits per heavy atom. The molecule has 0 fully saturated rings. The Balaban J connectivity index is 1.95. The summed E-state index contributed by atoms with van der Waals surface area (Å²) in [7, 11) is 0. The number of amides is 2. The quantitative estimate of drug-likeness (QED) is 0.721. The van der Waals surface area contributed by atoms with E-state index in [1.807, 2.05) is 31.2 Å². The van der Waals surface area contributed by atoms with Crippen LogP contribution in [0.3, 0.4) is 0 Å². The lowest BCUT2D eigenvalue weighted by molar-refractivity contribution is -0.116. The molecular weight excluding hydrogens is 300 g/mol. The second kappa shape index (κ2) is 8.87. The second-order valence-electron chi connectivity index (χ2n) is 5.91. The molecule has 4 heteroatoms. The van der Waals surface area contributed by atoms with Gasteiger partial charge in [-0.2, -0.15) is 0 Å². The number of hydrogen-bond acceptors (Lipinski definition) is 2. The van der Waals surface area contributed by atoms with Gasteiger partial charge in [-0.1, -0.05) is 43.5 Å². The monoisotopic (exact) mass is 324 g/mol. The minimum Gasteiger partial charge on any atom is -0.326 e. The van der Waals surface area contributed by atoms with E-state index in [0.717, 1.165) is 24.8 Å². The average molecular weight is 324 g/mol. The van der Waals surface area contributed by atoms with Gasteiger partial charge in [-0.25, -0.2) is 0 Å². The molecule has 0 spiro atoms. The molecule has 0 aliphatic heterocycles. The molecule has 2 aromatic carbocycles. The largest absolute Gasteiger partial charge is 0.326 e. The first kappa shape index (κ1) is 17.7. The van der Waals surface area contributed by atoms with Gasteiger partial charge in [0.25, 0.3) is 5.91 Å². The molecule has 2 aromatic rings. The Bertz CT molecular complexity index is 693. The maximum atomic E-state index is 12.2. The summed E-state index contributed by atoms with van der Waals surface area (Å²) in [4.78, 5) is 24.1. The number of carbonyl (C=O) groups is 2. The Morgan fingerprint density at radius 1 is 0.917 bits per heavy atom. The van der Waals surface area contributed by atoms with Crippen LogP contribution in [0.2, 0.25) is 0 Å². The van der Waals surface area contributed by atoms with E-state index in [0.29, 0.717) is 23.4 Å². The highest BCUT2D eigenvalue weighted by Gasteiger charge is 2.07.